The van der Waals surface area contributed by atoms with E-state index in [-0.39, 0.29) is 17.3 Å². The van der Waals surface area contributed by atoms with Gasteiger partial charge in [0.1, 0.15) is 5.75 Å². The summed E-state index contributed by atoms with van der Waals surface area (Å²) in [5, 5.41) is 12.0. The molecule has 0 aliphatic carbocycles. The molecule has 4 rings (SSSR count). The Balaban J connectivity index is 1.58. The summed E-state index contributed by atoms with van der Waals surface area (Å²) in [5.41, 5.74) is 1.17. The van der Waals surface area contributed by atoms with Gasteiger partial charge in [-0.1, -0.05) is 36.4 Å². The second-order valence-corrected chi connectivity index (χ2v) is 6.04. The molecule has 5 nitrogen and oxygen atoms in total. The molecule has 1 N–H and O–H groups in total. The summed E-state index contributed by atoms with van der Waals surface area (Å²) in [4.78, 5) is 8.37. The number of benzene rings is 3. The Labute approximate surface area is 162 Å². The number of fused-ring (bicyclic) bond motifs is 1. The number of aliphatic imine (C=N–C) groups is 1. The highest BCUT2D eigenvalue weighted by molar-refractivity contribution is 5.95. The molecule has 0 atom stereocenters. The van der Waals surface area contributed by atoms with Crippen molar-refractivity contribution in [2.75, 3.05) is 0 Å². The van der Waals surface area contributed by atoms with Crippen LogP contribution in [0.5, 0.6) is 11.7 Å². The lowest BCUT2D eigenvalue weighted by molar-refractivity contribution is -0.274. The standard InChI is InChI=1S/C21H13F3N2O3/c22-21(23,24)29-15-10-8-14(9-11-15)25-12-18-20(27)28-19(26-18)17-7-3-5-13-4-1-2-6-16(13)17/h1-12,27H. The molecular weight excluding hydrogens is 385 g/mol. The zero-order chi connectivity index (χ0) is 20.4. The van der Waals surface area contributed by atoms with Crippen molar-refractivity contribution >= 4 is 22.7 Å². The number of aromatic hydroxyl groups is 1. The first-order valence-electron chi connectivity index (χ1n) is 8.47. The normalized spacial score (nSPS) is 12.0. The molecule has 0 spiro atoms. The fourth-order valence-electron chi connectivity index (χ4n) is 2.80. The van der Waals surface area contributed by atoms with E-state index in [9.17, 15) is 18.3 Å². The van der Waals surface area contributed by atoms with Crippen LogP contribution in [-0.2, 0) is 0 Å². The molecule has 29 heavy (non-hydrogen) atoms. The predicted octanol–water partition coefficient (Wildman–Crippen LogP) is 5.85. The number of nitrogens with zero attached hydrogens (tertiary/aromatic N) is 2. The van der Waals surface area contributed by atoms with Crippen LogP contribution >= 0.6 is 0 Å². The lowest BCUT2D eigenvalue weighted by Crippen LogP contribution is -2.16. The number of halogens is 3. The SMILES string of the molecule is Oc1oc(-c2cccc3ccccc23)nc1C=Nc1ccc(OC(F)(F)F)cc1. The van der Waals surface area contributed by atoms with Gasteiger partial charge in [0, 0.05) is 5.56 Å². The molecule has 1 heterocycles. The van der Waals surface area contributed by atoms with E-state index in [1.807, 2.05) is 42.5 Å². The first-order valence-corrected chi connectivity index (χ1v) is 8.47. The van der Waals surface area contributed by atoms with E-state index in [0.29, 0.717) is 11.3 Å². The van der Waals surface area contributed by atoms with Crippen molar-refractivity contribution in [2.45, 2.75) is 6.36 Å². The van der Waals surface area contributed by atoms with E-state index >= 15 is 0 Å². The summed E-state index contributed by atoms with van der Waals surface area (Å²) in [6.07, 6.45) is -3.48. The monoisotopic (exact) mass is 398 g/mol. The highest BCUT2D eigenvalue weighted by atomic mass is 19.4. The molecule has 146 valence electrons. The molecule has 0 saturated heterocycles. The van der Waals surface area contributed by atoms with Crippen LogP contribution in [0.3, 0.4) is 0 Å². The van der Waals surface area contributed by atoms with Crippen molar-refractivity contribution in [2.24, 2.45) is 4.99 Å². The quantitative estimate of drug-likeness (QED) is 0.438. The van der Waals surface area contributed by atoms with Crippen molar-refractivity contribution in [1.29, 1.82) is 0 Å². The third-order valence-corrected chi connectivity index (χ3v) is 4.06. The first-order chi connectivity index (χ1) is 13.9. The van der Waals surface area contributed by atoms with Gasteiger partial charge in [0.25, 0.3) is 0 Å². The molecular formula is C21H13F3N2O3. The van der Waals surface area contributed by atoms with Gasteiger partial charge in [0.2, 0.25) is 5.89 Å². The fraction of sp³-hybridized carbons (Fsp3) is 0.0476. The number of alkyl halides is 3. The maximum atomic E-state index is 12.2. The van der Waals surface area contributed by atoms with Crippen LogP contribution in [0.1, 0.15) is 5.69 Å². The average molecular weight is 398 g/mol. The van der Waals surface area contributed by atoms with Crippen molar-refractivity contribution in [3.63, 3.8) is 0 Å². The molecule has 0 amide bonds. The number of hydrogen-bond acceptors (Lipinski definition) is 5. The van der Waals surface area contributed by atoms with E-state index in [0.717, 1.165) is 22.9 Å². The van der Waals surface area contributed by atoms with Crippen molar-refractivity contribution in [3.05, 3.63) is 72.4 Å². The Hall–Kier alpha value is -3.81. The summed E-state index contributed by atoms with van der Waals surface area (Å²) in [6, 6.07) is 18.3. The number of hydrogen-bond donors (Lipinski definition) is 1. The smallest absolute Gasteiger partial charge is 0.479 e. The zero-order valence-electron chi connectivity index (χ0n) is 14.7. The molecule has 0 bridgehead atoms. The van der Waals surface area contributed by atoms with Crippen LogP contribution in [0.25, 0.3) is 22.2 Å². The third kappa shape index (κ3) is 4.21. The zero-order valence-corrected chi connectivity index (χ0v) is 14.7. The number of aromatic nitrogens is 1. The summed E-state index contributed by atoms with van der Waals surface area (Å²) in [7, 11) is 0. The van der Waals surface area contributed by atoms with E-state index in [1.165, 1.54) is 18.3 Å². The Morgan fingerprint density at radius 3 is 2.45 bits per heavy atom. The molecule has 0 radical (unpaired) electrons. The van der Waals surface area contributed by atoms with Crippen LogP contribution in [0.15, 0.2) is 76.1 Å². The van der Waals surface area contributed by atoms with E-state index in [4.69, 9.17) is 4.42 Å². The van der Waals surface area contributed by atoms with Gasteiger partial charge < -0.3 is 14.3 Å². The van der Waals surface area contributed by atoms with Crippen LogP contribution in [0, 0.1) is 0 Å². The van der Waals surface area contributed by atoms with Crippen LogP contribution in [-0.4, -0.2) is 22.7 Å². The summed E-state index contributed by atoms with van der Waals surface area (Å²) in [6.45, 7) is 0. The van der Waals surface area contributed by atoms with Crippen molar-refractivity contribution < 1.29 is 27.4 Å². The second kappa shape index (κ2) is 7.31. The van der Waals surface area contributed by atoms with Crippen molar-refractivity contribution in [1.82, 2.24) is 4.98 Å². The van der Waals surface area contributed by atoms with Gasteiger partial charge in [-0.3, -0.25) is 4.99 Å². The van der Waals surface area contributed by atoms with Crippen LogP contribution in [0.4, 0.5) is 18.9 Å². The van der Waals surface area contributed by atoms with Gasteiger partial charge in [-0.15, -0.1) is 13.2 Å². The molecule has 1 aromatic heterocycles. The molecule has 0 aliphatic rings. The Bertz CT molecular complexity index is 1180. The highest BCUT2D eigenvalue weighted by Gasteiger charge is 2.30. The maximum Gasteiger partial charge on any atom is 0.573 e. The minimum Gasteiger partial charge on any atom is -0.479 e. The van der Waals surface area contributed by atoms with Gasteiger partial charge in [-0.05, 0) is 41.1 Å². The highest BCUT2D eigenvalue weighted by Crippen LogP contribution is 2.31. The Kier molecular flexibility index (Phi) is 4.67. The third-order valence-electron chi connectivity index (χ3n) is 4.06. The molecule has 8 heteroatoms. The average Bonchev–Trinajstić information content (AvgIpc) is 3.06. The molecule has 4 aromatic rings. The van der Waals surface area contributed by atoms with Gasteiger partial charge >= 0.3 is 12.3 Å². The topological polar surface area (TPSA) is 67.9 Å². The summed E-state index contributed by atoms with van der Waals surface area (Å²) >= 11 is 0. The van der Waals surface area contributed by atoms with Crippen LogP contribution in [0.2, 0.25) is 0 Å². The van der Waals surface area contributed by atoms with Gasteiger partial charge in [0.15, 0.2) is 5.69 Å². The maximum absolute atomic E-state index is 12.2. The van der Waals surface area contributed by atoms with Gasteiger partial charge in [-0.25, -0.2) is 4.98 Å². The molecule has 0 unspecified atom stereocenters. The second-order valence-electron chi connectivity index (χ2n) is 6.04. The van der Waals surface area contributed by atoms with E-state index in [1.54, 1.807) is 0 Å². The largest absolute Gasteiger partial charge is 0.573 e. The molecule has 0 fully saturated rings. The van der Waals surface area contributed by atoms with Gasteiger partial charge in [-0.2, -0.15) is 0 Å². The predicted molar refractivity (Wildman–Crippen MR) is 101 cm³/mol. The van der Waals surface area contributed by atoms with Crippen LogP contribution < -0.4 is 4.74 Å². The number of ether oxygens (including phenoxy) is 1. The van der Waals surface area contributed by atoms with E-state index in [2.05, 4.69) is 14.7 Å². The molecule has 0 saturated carbocycles. The van der Waals surface area contributed by atoms with E-state index < -0.39 is 12.3 Å². The Morgan fingerprint density at radius 2 is 1.69 bits per heavy atom. The number of rotatable bonds is 4. The lowest BCUT2D eigenvalue weighted by atomic mass is 10.0. The minimum atomic E-state index is -4.75. The summed E-state index contributed by atoms with van der Waals surface area (Å²) in [5.74, 6) is -0.526. The van der Waals surface area contributed by atoms with Gasteiger partial charge in [0.05, 0.1) is 11.9 Å². The van der Waals surface area contributed by atoms with Crippen molar-refractivity contribution in [3.8, 4) is 23.1 Å². The Morgan fingerprint density at radius 1 is 0.966 bits per heavy atom. The number of oxazole rings is 1. The summed E-state index contributed by atoms with van der Waals surface area (Å²) < 4.78 is 45.8. The molecule has 3 aromatic carbocycles. The molecule has 0 aliphatic heterocycles. The lowest BCUT2D eigenvalue weighted by Gasteiger charge is -2.08. The first kappa shape index (κ1) is 18.5. The minimum absolute atomic E-state index is 0.101. The fourth-order valence-corrected chi connectivity index (χ4v) is 2.80.